The topological polar surface area (TPSA) is 29.5 Å². The summed E-state index contributed by atoms with van der Waals surface area (Å²) in [5.41, 5.74) is 0.726. The van der Waals surface area contributed by atoms with E-state index in [-0.39, 0.29) is 5.91 Å². The van der Waals surface area contributed by atoms with Gasteiger partial charge in [0.1, 0.15) is 5.75 Å². The molecule has 3 nitrogen and oxygen atoms in total. The van der Waals surface area contributed by atoms with Crippen LogP contribution in [0.1, 0.15) is 37.0 Å². The Balaban J connectivity index is 2.65. The van der Waals surface area contributed by atoms with Crippen molar-refractivity contribution in [3.8, 4) is 5.75 Å². The number of alkyl halides is 1. The molecule has 0 N–H and O–H groups in total. The van der Waals surface area contributed by atoms with Crippen molar-refractivity contribution in [1.29, 1.82) is 0 Å². The molecule has 106 valence electrons. The van der Waals surface area contributed by atoms with Crippen LogP contribution >= 0.6 is 15.9 Å². The van der Waals surface area contributed by atoms with Gasteiger partial charge in [0.2, 0.25) is 0 Å². The molecule has 1 aromatic rings. The van der Waals surface area contributed by atoms with Crippen molar-refractivity contribution in [2.45, 2.75) is 26.7 Å². The quantitative estimate of drug-likeness (QED) is 0.681. The number of hydrogen-bond donors (Lipinski definition) is 0. The number of unbranched alkanes of at least 4 members (excludes halogenated alkanes) is 1. The van der Waals surface area contributed by atoms with Crippen molar-refractivity contribution >= 4 is 21.8 Å². The highest BCUT2D eigenvalue weighted by molar-refractivity contribution is 9.09. The fraction of sp³-hybridized carbons (Fsp3) is 0.533. The average Bonchev–Trinajstić information content (AvgIpc) is 2.46. The summed E-state index contributed by atoms with van der Waals surface area (Å²) >= 11 is 3.31. The number of amides is 1. The molecule has 4 heteroatoms. The highest BCUT2D eigenvalue weighted by atomic mass is 79.9. The minimum absolute atomic E-state index is 0.1000. The van der Waals surface area contributed by atoms with Gasteiger partial charge in [0, 0.05) is 24.0 Å². The van der Waals surface area contributed by atoms with Crippen LogP contribution in [0.3, 0.4) is 0 Å². The number of carbonyl (C=O) groups is 1. The van der Waals surface area contributed by atoms with Crippen molar-refractivity contribution in [2.75, 3.05) is 25.0 Å². The van der Waals surface area contributed by atoms with E-state index in [0.29, 0.717) is 6.61 Å². The fourth-order valence-corrected chi connectivity index (χ4v) is 1.95. The van der Waals surface area contributed by atoms with Crippen LogP contribution in [0.4, 0.5) is 0 Å². The number of halogens is 1. The Morgan fingerprint density at radius 2 is 1.95 bits per heavy atom. The van der Waals surface area contributed by atoms with Crippen LogP contribution in [-0.2, 0) is 0 Å². The molecular weight excluding hydrogens is 306 g/mol. The van der Waals surface area contributed by atoms with Gasteiger partial charge in [-0.15, -0.1) is 0 Å². The van der Waals surface area contributed by atoms with Gasteiger partial charge in [-0.2, -0.15) is 0 Å². The second kappa shape index (κ2) is 8.97. The third-order valence-electron chi connectivity index (χ3n) is 2.90. The molecule has 1 amide bonds. The van der Waals surface area contributed by atoms with E-state index in [1.807, 2.05) is 36.1 Å². The maximum atomic E-state index is 12.3. The first kappa shape index (κ1) is 16.0. The summed E-state index contributed by atoms with van der Waals surface area (Å²) in [6, 6.07) is 7.37. The standard InChI is InChI=1S/C15H22BrNO2/c1-3-5-11-17(4-2)15(18)13-6-8-14(9-7-13)19-12-10-16/h6-9H,3-5,10-12H2,1-2H3. The number of benzene rings is 1. The van der Waals surface area contributed by atoms with E-state index < -0.39 is 0 Å². The third-order valence-corrected chi connectivity index (χ3v) is 3.22. The number of hydrogen-bond acceptors (Lipinski definition) is 2. The predicted octanol–water partition coefficient (Wildman–Crippen LogP) is 3.72. The molecule has 0 heterocycles. The highest BCUT2D eigenvalue weighted by Crippen LogP contribution is 2.14. The molecule has 0 aliphatic rings. The maximum absolute atomic E-state index is 12.3. The summed E-state index contributed by atoms with van der Waals surface area (Å²) in [6.07, 6.45) is 2.15. The molecule has 19 heavy (non-hydrogen) atoms. The molecule has 0 aliphatic carbocycles. The van der Waals surface area contributed by atoms with Crippen LogP contribution in [0.2, 0.25) is 0 Å². The lowest BCUT2D eigenvalue weighted by Crippen LogP contribution is -2.31. The first-order chi connectivity index (χ1) is 9.22. The average molecular weight is 328 g/mol. The Morgan fingerprint density at radius 1 is 1.26 bits per heavy atom. The highest BCUT2D eigenvalue weighted by Gasteiger charge is 2.13. The summed E-state index contributed by atoms with van der Waals surface area (Å²) in [6.45, 7) is 6.36. The lowest BCUT2D eigenvalue weighted by atomic mass is 10.2. The number of ether oxygens (including phenoxy) is 1. The van der Waals surface area contributed by atoms with E-state index >= 15 is 0 Å². The Morgan fingerprint density at radius 3 is 2.47 bits per heavy atom. The monoisotopic (exact) mass is 327 g/mol. The molecule has 1 rings (SSSR count). The lowest BCUT2D eigenvalue weighted by Gasteiger charge is -2.20. The molecule has 0 radical (unpaired) electrons. The fourth-order valence-electron chi connectivity index (χ4n) is 1.78. The summed E-state index contributed by atoms with van der Waals surface area (Å²) in [4.78, 5) is 14.2. The Bertz CT molecular complexity index is 378. The number of nitrogens with zero attached hydrogens (tertiary/aromatic N) is 1. The van der Waals surface area contributed by atoms with Gasteiger partial charge in [-0.25, -0.2) is 0 Å². The normalized spacial score (nSPS) is 10.3. The second-order valence-electron chi connectivity index (χ2n) is 4.30. The molecule has 0 fully saturated rings. The Kier molecular flexibility index (Phi) is 7.56. The molecule has 0 unspecified atom stereocenters. The van der Waals surface area contributed by atoms with Crippen molar-refractivity contribution in [3.05, 3.63) is 29.8 Å². The third kappa shape index (κ3) is 5.23. The van der Waals surface area contributed by atoms with Crippen LogP contribution in [0, 0.1) is 0 Å². The zero-order valence-corrected chi connectivity index (χ0v) is 13.3. The molecule has 0 bridgehead atoms. The van der Waals surface area contributed by atoms with Gasteiger partial charge < -0.3 is 9.64 Å². The van der Waals surface area contributed by atoms with Crippen molar-refractivity contribution in [3.63, 3.8) is 0 Å². The first-order valence-electron chi connectivity index (χ1n) is 6.81. The molecule has 0 atom stereocenters. The van der Waals surface area contributed by atoms with E-state index in [9.17, 15) is 4.79 Å². The van der Waals surface area contributed by atoms with Gasteiger partial charge in [-0.1, -0.05) is 29.3 Å². The SMILES string of the molecule is CCCCN(CC)C(=O)c1ccc(OCCBr)cc1. The molecule has 1 aromatic carbocycles. The van der Waals surface area contributed by atoms with Crippen molar-refractivity contribution in [2.24, 2.45) is 0 Å². The van der Waals surface area contributed by atoms with E-state index in [1.165, 1.54) is 0 Å². The minimum Gasteiger partial charge on any atom is -0.493 e. The van der Waals surface area contributed by atoms with Gasteiger partial charge in [0.05, 0.1) is 6.61 Å². The Hall–Kier alpha value is -1.03. The summed E-state index contributed by atoms with van der Waals surface area (Å²) in [5.74, 6) is 0.899. The molecule has 0 spiro atoms. The zero-order valence-electron chi connectivity index (χ0n) is 11.7. The largest absolute Gasteiger partial charge is 0.493 e. The molecule has 0 saturated heterocycles. The van der Waals surface area contributed by atoms with E-state index in [1.54, 1.807) is 0 Å². The predicted molar refractivity (Wildman–Crippen MR) is 82.2 cm³/mol. The summed E-state index contributed by atoms with van der Waals surface area (Å²) in [7, 11) is 0. The van der Waals surface area contributed by atoms with Gasteiger partial charge in [-0.3, -0.25) is 4.79 Å². The molecular formula is C15H22BrNO2. The van der Waals surface area contributed by atoms with Crippen LogP contribution in [0.15, 0.2) is 24.3 Å². The van der Waals surface area contributed by atoms with Gasteiger partial charge in [0.15, 0.2) is 0 Å². The van der Waals surface area contributed by atoms with E-state index in [4.69, 9.17) is 4.74 Å². The van der Waals surface area contributed by atoms with Gasteiger partial charge in [0.25, 0.3) is 5.91 Å². The zero-order chi connectivity index (χ0) is 14.1. The lowest BCUT2D eigenvalue weighted by molar-refractivity contribution is 0.0762. The maximum Gasteiger partial charge on any atom is 0.253 e. The van der Waals surface area contributed by atoms with Crippen LogP contribution in [0.5, 0.6) is 5.75 Å². The smallest absolute Gasteiger partial charge is 0.253 e. The van der Waals surface area contributed by atoms with Crippen molar-refractivity contribution < 1.29 is 9.53 Å². The summed E-state index contributed by atoms with van der Waals surface area (Å²) < 4.78 is 5.47. The first-order valence-corrected chi connectivity index (χ1v) is 7.93. The van der Waals surface area contributed by atoms with Crippen molar-refractivity contribution in [1.82, 2.24) is 4.90 Å². The van der Waals surface area contributed by atoms with E-state index in [0.717, 1.165) is 42.6 Å². The van der Waals surface area contributed by atoms with Gasteiger partial charge >= 0.3 is 0 Å². The number of carbonyl (C=O) groups excluding carboxylic acids is 1. The molecule has 0 aliphatic heterocycles. The second-order valence-corrected chi connectivity index (χ2v) is 5.09. The minimum atomic E-state index is 0.1000. The van der Waals surface area contributed by atoms with E-state index in [2.05, 4.69) is 22.9 Å². The molecule has 0 aromatic heterocycles. The molecule has 0 saturated carbocycles. The van der Waals surface area contributed by atoms with Crippen LogP contribution in [0.25, 0.3) is 0 Å². The number of rotatable bonds is 8. The Labute approximate surface area is 124 Å². The van der Waals surface area contributed by atoms with Crippen LogP contribution in [-0.4, -0.2) is 35.8 Å². The van der Waals surface area contributed by atoms with Crippen LogP contribution < -0.4 is 4.74 Å². The summed E-state index contributed by atoms with van der Waals surface area (Å²) in [5, 5.41) is 0.800. The van der Waals surface area contributed by atoms with Gasteiger partial charge in [-0.05, 0) is 37.6 Å².